The molecular formula is C46H42P2+2. The first-order valence-corrected chi connectivity index (χ1v) is 21.2. The van der Waals surface area contributed by atoms with E-state index in [-0.39, 0.29) is 0 Å². The van der Waals surface area contributed by atoms with Crippen LogP contribution in [-0.2, 0) is 24.6 Å². The molecule has 0 saturated carbocycles. The minimum absolute atomic E-state index is 1.03. The van der Waals surface area contributed by atoms with Gasteiger partial charge in [-0.15, -0.1) is 0 Å². The predicted octanol–water partition coefficient (Wildman–Crippen LogP) is 10.4. The van der Waals surface area contributed by atoms with Gasteiger partial charge in [0.25, 0.3) is 0 Å². The van der Waals surface area contributed by atoms with Crippen LogP contribution in [0, 0.1) is 0 Å². The van der Waals surface area contributed by atoms with Crippen molar-refractivity contribution >= 4 is 35.7 Å². The van der Waals surface area contributed by atoms with Gasteiger partial charge in [-0.25, -0.2) is 0 Å². The summed E-state index contributed by atoms with van der Waals surface area (Å²) in [7, 11) is -3.67. The van der Waals surface area contributed by atoms with E-state index in [1.165, 1.54) is 43.5 Å². The van der Waals surface area contributed by atoms with Gasteiger partial charge in [0.1, 0.15) is 0 Å². The first-order chi connectivity index (χ1) is 23.7. The summed E-state index contributed by atoms with van der Waals surface area (Å²) in [6.45, 7) is 0. The van der Waals surface area contributed by atoms with E-state index in [0.29, 0.717) is 0 Å². The van der Waals surface area contributed by atoms with Crippen molar-refractivity contribution in [2.75, 3.05) is 0 Å². The number of rotatable bonds is 12. The molecule has 0 aliphatic rings. The normalized spacial score (nSPS) is 11.7. The lowest BCUT2D eigenvalue weighted by Gasteiger charge is -2.29. The molecule has 0 nitrogen and oxygen atoms in total. The van der Waals surface area contributed by atoms with E-state index >= 15 is 0 Å². The topological polar surface area (TPSA) is 0 Å². The standard InChI is InChI=1S/C46H42P2/c1-7-19-39(20-8-1)35-47(43-23-11-3-12-24-43,44-25-13-4-14-26-44)37-41-31-33-42(34-32-41)38-48(45-27-15-5-16-28-45,46-29-17-6-18-30-46)36-40-21-9-2-10-22-40/h1-34H,35-38H2/q+2. The maximum absolute atomic E-state index is 2.42. The summed E-state index contributed by atoms with van der Waals surface area (Å²) in [5.74, 6) is 0. The molecule has 48 heavy (non-hydrogen) atoms. The first kappa shape index (κ1) is 32.0. The summed E-state index contributed by atoms with van der Waals surface area (Å²) in [6.07, 6.45) is 4.13. The van der Waals surface area contributed by atoms with Crippen LogP contribution in [0.15, 0.2) is 206 Å². The van der Waals surface area contributed by atoms with Gasteiger partial charge in [0, 0.05) is 0 Å². The molecule has 0 radical (unpaired) electrons. The molecule has 0 heterocycles. The van der Waals surface area contributed by atoms with Crippen molar-refractivity contribution in [3.8, 4) is 0 Å². The zero-order chi connectivity index (χ0) is 32.5. The van der Waals surface area contributed by atoms with Gasteiger partial charge in [-0.1, -0.05) is 158 Å². The van der Waals surface area contributed by atoms with E-state index < -0.39 is 14.5 Å². The molecule has 7 aromatic rings. The third-order valence-electron chi connectivity index (χ3n) is 9.52. The largest absolute Gasteiger partial charge is 0.0999 e. The van der Waals surface area contributed by atoms with Gasteiger partial charge in [-0.3, -0.25) is 0 Å². The quantitative estimate of drug-likeness (QED) is 0.115. The second kappa shape index (κ2) is 15.1. The predicted molar refractivity (Wildman–Crippen MR) is 212 cm³/mol. The third kappa shape index (κ3) is 7.12. The lowest BCUT2D eigenvalue weighted by molar-refractivity contribution is 1.27. The third-order valence-corrected chi connectivity index (χ3v) is 18.3. The Morgan fingerprint density at radius 3 is 0.625 bits per heavy atom. The fourth-order valence-electron chi connectivity index (χ4n) is 7.16. The highest BCUT2D eigenvalue weighted by Gasteiger charge is 2.44. The molecule has 2 heteroatoms. The monoisotopic (exact) mass is 656 g/mol. The van der Waals surface area contributed by atoms with E-state index in [1.54, 1.807) is 0 Å². The molecule has 0 N–H and O–H groups in total. The Morgan fingerprint density at radius 2 is 0.396 bits per heavy atom. The Balaban J connectivity index is 1.29. The summed E-state index contributed by atoms with van der Waals surface area (Å²) >= 11 is 0. The zero-order valence-corrected chi connectivity index (χ0v) is 29.1. The molecule has 0 spiro atoms. The van der Waals surface area contributed by atoms with Crippen molar-refractivity contribution in [3.05, 3.63) is 229 Å². The van der Waals surface area contributed by atoms with Gasteiger partial charge in [-0.05, 0) is 70.8 Å². The van der Waals surface area contributed by atoms with Crippen LogP contribution in [0.4, 0.5) is 0 Å². The lowest BCUT2D eigenvalue weighted by atomic mass is 10.2. The number of benzene rings is 7. The Kier molecular flexibility index (Phi) is 10.1. The Hall–Kier alpha value is -4.60. The van der Waals surface area contributed by atoms with E-state index in [0.717, 1.165) is 24.6 Å². The minimum atomic E-state index is -1.84. The molecule has 7 rings (SSSR count). The summed E-state index contributed by atoms with van der Waals surface area (Å²) < 4.78 is 0. The summed E-state index contributed by atoms with van der Waals surface area (Å²) in [4.78, 5) is 0. The van der Waals surface area contributed by atoms with E-state index in [1.807, 2.05) is 0 Å². The maximum Gasteiger partial charge on any atom is 0.0999 e. The zero-order valence-electron chi connectivity index (χ0n) is 27.4. The molecule has 0 aliphatic heterocycles. The van der Waals surface area contributed by atoms with Crippen LogP contribution in [0.25, 0.3) is 0 Å². The summed E-state index contributed by atoms with van der Waals surface area (Å²) in [6, 6.07) is 77.0. The van der Waals surface area contributed by atoms with Crippen LogP contribution in [0.2, 0.25) is 0 Å². The van der Waals surface area contributed by atoms with Crippen LogP contribution in [0.1, 0.15) is 22.3 Å². The molecule has 0 unspecified atom stereocenters. The highest BCUT2D eigenvalue weighted by Crippen LogP contribution is 2.63. The van der Waals surface area contributed by atoms with Gasteiger partial charge < -0.3 is 0 Å². The maximum atomic E-state index is 2.42. The minimum Gasteiger partial charge on any atom is -0.0622 e. The Morgan fingerprint density at radius 1 is 0.208 bits per heavy atom. The Bertz CT molecular complexity index is 1750. The first-order valence-electron chi connectivity index (χ1n) is 16.9. The van der Waals surface area contributed by atoms with Gasteiger partial charge in [-0.2, -0.15) is 0 Å². The van der Waals surface area contributed by atoms with Crippen molar-refractivity contribution in [1.29, 1.82) is 0 Å². The SMILES string of the molecule is c1ccc(C[P+](Cc2ccc(C[P+](Cc3ccccc3)(c3ccccc3)c3ccccc3)cc2)(c2ccccc2)c2ccccc2)cc1. The van der Waals surface area contributed by atoms with Crippen molar-refractivity contribution in [2.24, 2.45) is 0 Å². The second-order valence-electron chi connectivity index (χ2n) is 12.7. The molecule has 0 bridgehead atoms. The molecule has 0 saturated heterocycles. The highest BCUT2D eigenvalue weighted by molar-refractivity contribution is 7.88. The fraction of sp³-hybridized carbons (Fsp3) is 0.0870. The molecule has 0 aromatic heterocycles. The lowest BCUT2D eigenvalue weighted by Crippen LogP contribution is -2.26. The molecule has 0 aliphatic carbocycles. The molecule has 0 atom stereocenters. The van der Waals surface area contributed by atoms with Gasteiger partial charge >= 0.3 is 0 Å². The van der Waals surface area contributed by atoms with E-state index in [4.69, 9.17) is 0 Å². The summed E-state index contributed by atoms with van der Waals surface area (Å²) in [5, 5.41) is 5.85. The van der Waals surface area contributed by atoms with Gasteiger partial charge in [0.2, 0.25) is 0 Å². The van der Waals surface area contributed by atoms with Gasteiger partial charge in [0.05, 0.1) is 60.4 Å². The highest BCUT2D eigenvalue weighted by atomic mass is 31.2. The molecule has 7 aromatic carbocycles. The average Bonchev–Trinajstić information content (AvgIpc) is 3.17. The molecule has 0 fully saturated rings. The van der Waals surface area contributed by atoms with Gasteiger partial charge in [0.15, 0.2) is 0 Å². The number of hydrogen-bond donors (Lipinski definition) is 0. The van der Waals surface area contributed by atoms with Crippen LogP contribution >= 0.6 is 14.5 Å². The fourth-order valence-corrected chi connectivity index (χ4v) is 15.7. The smallest absolute Gasteiger partial charge is 0.0622 e. The average molecular weight is 657 g/mol. The van der Waals surface area contributed by atoms with Crippen molar-refractivity contribution < 1.29 is 0 Å². The summed E-state index contributed by atoms with van der Waals surface area (Å²) in [5.41, 5.74) is 5.61. The van der Waals surface area contributed by atoms with Crippen molar-refractivity contribution in [1.82, 2.24) is 0 Å². The second-order valence-corrected chi connectivity index (χ2v) is 19.9. The molecule has 234 valence electrons. The number of hydrogen-bond acceptors (Lipinski definition) is 0. The van der Waals surface area contributed by atoms with Crippen LogP contribution in [-0.4, -0.2) is 0 Å². The van der Waals surface area contributed by atoms with Crippen LogP contribution < -0.4 is 21.2 Å². The molecular weight excluding hydrogens is 614 g/mol. The van der Waals surface area contributed by atoms with Crippen molar-refractivity contribution in [2.45, 2.75) is 24.6 Å². The van der Waals surface area contributed by atoms with E-state index in [9.17, 15) is 0 Å². The molecule has 0 amide bonds. The van der Waals surface area contributed by atoms with E-state index in [2.05, 4.69) is 206 Å². The van der Waals surface area contributed by atoms with Crippen LogP contribution in [0.5, 0.6) is 0 Å². The van der Waals surface area contributed by atoms with Crippen LogP contribution in [0.3, 0.4) is 0 Å². The Labute approximate surface area is 287 Å². The van der Waals surface area contributed by atoms with Crippen molar-refractivity contribution in [3.63, 3.8) is 0 Å².